The summed E-state index contributed by atoms with van der Waals surface area (Å²) in [6.07, 6.45) is 1.43. The molecule has 12 nitrogen and oxygen atoms in total. The lowest BCUT2D eigenvalue weighted by molar-refractivity contribution is -0.271. The minimum absolute atomic E-state index is 0.353. The zero-order valence-electron chi connectivity index (χ0n) is 23.5. The average molecular weight is 595 g/mol. The SMILES string of the molecule is O=C(NN=Cc1ccc(OC2OCCOC2Oc2ccc(C=NNC(=O)Nc3ccccc3)cc2)cc1)Nc1ccccc1. The molecule has 4 aromatic carbocycles. The third kappa shape index (κ3) is 9.41. The maximum Gasteiger partial charge on any atom is 0.339 e. The zero-order valence-corrected chi connectivity index (χ0v) is 23.5. The van der Waals surface area contributed by atoms with E-state index in [0.29, 0.717) is 36.1 Å². The number of hydrogen-bond donors (Lipinski definition) is 4. The molecule has 1 aliphatic heterocycles. The Hall–Kier alpha value is -5.72. The molecule has 5 rings (SSSR count). The molecule has 224 valence electrons. The first-order valence-corrected chi connectivity index (χ1v) is 13.7. The summed E-state index contributed by atoms with van der Waals surface area (Å²) in [4.78, 5) is 23.9. The topological polar surface area (TPSA) is 144 Å². The van der Waals surface area contributed by atoms with Crippen molar-refractivity contribution in [3.8, 4) is 11.5 Å². The molecule has 1 aliphatic rings. The van der Waals surface area contributed by atoms with Gasteiger partial charge in [0.25, 0.3) is 12.6 Å². The van der Waals surface area contributed by atoms with E-state index in [0.717, 1.165) is 11.1 Å². The van der Waals surface area contributed by atoms with Crippen LogP contribution >= 0.6 is 0 Å². The van der Waals surface area contributed by atoms with Crippen molar-refractivity contribution in [2.75, 3.05) is 23.8 Å². The molecule has 0 radical (unpaired) electrons. The molecule has 44 heavy (non-hydrogen) atoms. The lowest BCUT2D eigenvalue weighted by Crippen LogP contribution is -2.45. The third-order valence-corrected chi connectivity index (χ3v) is 5.96. The van der Waals surface area contributed by atoms with Crippen LogP contribution in [0.25, 0.3) is 0 Å². The van der Waals surface area contributed by atoms with Crippen LogP contribution in [0, 0.1) is 0 Å². The Morgan fingerprint density at radius 1 is 0.591 bits per heavy atom. The van der Waals surface area contributed by atoms with Gasteiger partial charge in [0.2, 0.25) is 0 Å². The van der Waals surface area contributed by atoms with E-state index in [4.69, 9.17) is 18.9 Å². The first-order chi connectivity index (χ1) is 21.6. The van der Waals surface area contributed by atoms with Gasteiger partial charge in [-0.1, -0.05) is 36.4 Å². The fourth-order valence-corrected chi connectivity index (χ4v) is 3.89. The van der Waals surface area contributed by atoms with Crippen molar-refractivity contribution >= 4 is 35.9 Å². The second-order valence-electron chi connectivity index (χ2n) is 9.23. The second kappa shape index (κ2) is 15.5. The highest BCUT2D eigenvalue weighted by molar-refractivity contribution is 5.91. The molecule has 0 aromatic heterocycles. The second-order valence-corrected chi connectivity index (χ2v) is 9.23. The monoisotopic (exact) mass is 594 g/mol. The van der Waals surface area contributed by atoms with E-state index in [2.05, 4.69) is 31.7 Å². The summed E-state index contributed by atoms with van der Waals surface area (Å²) in [5, 5.41) is 13.3. The predicted molar refractivity (Wildman–Crippen MR) is 166 cm³/mol. The van der Waals surface area contributed by atoms with Crippen LogP contribution in [0.15, 0.2) is 119 Å². The van der Waals surface area contributed by atoms with Crippen molar-refractivity contribution < 1.29 is 28.5 Å². The number of anilines is 2. The van der Waals surface area contributed by atoms with Crippen LogP contribution in [0.5, 0.6) is 11.5 Å². The summed E-state index contributed by atoms with van der Waals surface area (Å²) in [5.74, 6) is 1.08. The van der Waals surface area contributed by atoms with Gasteiger partial charge in [0, 0.05) is 11.4 Å². The number of amides is 4. The molecule has 0 bridgehead atoms. The van der Waals surface area contributed by atoms with Crippen LogP contribution in [-0.2, 0) is 9.47 Å². The summed E-state index contributed by atoms with van der Waals surface area (Å²) in [5.41, 5.74) is 7.68. The van der Waals surface area contributed by atoms with Crippen LogP contribution in [0.3, 0.4) is 0 Å². The number of carbonyl (C=O) groups is 2. The third-order valence-electron chi connectivity index (χ3n) is 5.96. The summed E-state index contributed by atoms with van der Waals surface area (Å²) >= 11 is 0. The number of urea groups is 2. The van der Waals surface area contributed by atoms with Gasteiger partial charge in [-0.15, -0.1) is 0 Å². The lowest BCUT2D eigenvalue weighted by Gasteiger charge is -2.31. The van der Waals surface area contributed by atoms with E-state index < -0.39 is 24.6 Å². The van der Waals surface area contributed by atoms with Crippen molar-refractivity contribution in [3.05, 3.63) is 120 Å². The average Bonchev–Trinajstić information content (AvgIpc) is 3.04. The smallest absolute Gasteiger partial charge is 0.339 e. The Labute approximate surface area is 253 Å². The normalized spacial score (nSPS) is 16.3. The van der Waals surface area contributed by atoms with Crippen LogP contribution < -0.4 is 31.0 Å². The summed E-state index contributed by atoms with van der Waals surface area (Å²) < 4.78 is 23.5. The molecule has 4 aromatic rings. The van der Waals surface area contributed by atoms with Gasteiger partial charge in [0.1, 0.15) is 11.5 Å². The number of nitrogens with one attached hydrogen (secondary N) is 4. The van der Waals surface area contributed by atoms with Crippen LogP contribution in [0.4, 0.5) is 21.0 Å². The summed E-state index contributed by atoms with van der Waals surface area (Å²) in [7, 11) is 0. The minimum Gasteiger partial charge on any atom is -0.458 e. The molecule has 1 fully saturated rings. The molecule has 0 saturated carbocycles. The fourth-order valence-electron chi connectivity index (χ4n) is 3.89. The number of ether oxygens (including phenoxy) is 4. The molecule has 2 atom stereocenters. The summed E-state index contributed by atoms with van der Waals surface area (Å²) in [6, 6.07) is 31.4. The maximum atomic E-state index is 12.0. The largest absolute Gasteiger partial charge is 0.458 e. The van der Waals surface area contributed by atoms with Gasteiger partial charge < -0.3 is 29.6 Å². The quantitative estimate of drug-likeness (QED) is 0.148. The maximum absolute atomic E-state index is 12.0. The van der Waals surface area contributed by atoms with Crippen molar-refractivity contribution in [2.24, 2.45) is 10.2 Å². The Bertz CT molecular complexity index is 1430. The van der Waals surface area contributed by atoms with Crippen LogP contribution in [0.1, 0.15) is 11.1 Å². The molecule has 0 aliphatic carbocycles. The number of nitrogens with zero attached hydrogens (tertiary/aromatic N) is 2. The zero-order chi connectivity index (χ0) is 30.4. The van der Waals surface area contributed by atoms with Gasteiger partial charge in [-0.05, 0) is 83.9 Å². The molecule has 4 N–H and O–H groups in total. The Morgan fingerprint density at radius 2 is 0.977 bits per heavy atom. The molecule has 2 unspecified atom stereocenters. The van der Waals surface area contributed by atoms with Gasteiger partial charge in [0.05, 0.1) is 25.6 Å². The first kappa shape index (κ1) is 29.8. The van der Waals surface area contributed by atoms with E-state index in [1.807, 2.05) is 36.4 Å². The van der Waals surface area contributed by atoms with Gasteiger partial charge in [-0.2, -0.15) is 10.2 Å². The summed E-state index contributed by atoms with van der Waals surface area (Å²) in [6.45, 7) is 0.707. The van der Waals surface area contributed by atoms with E-state index in [1.54, 1.807) is 72.8 Å². The highest BCUT2D eigenvalue weighted by Gasteiger charge is 2.31. The van der Waals surface area contributed by atoms with E-state index in [-0.39, 0.29) is 0 Å². The molecule has 4 amide bonds. The van der Waals surface area contributed by atoms with E-state index in [1.165, 1.54) is 12.4 Å². The number of carbonyl (C=O) groups excluding carboxylic acids is 2. The standard InChI is InChI=1S/C32H30N6O6/c39-31(35-25-7-3-1-4-8-25)37-33-21-23-11-15-27(16-12-23)43-29-30(42-20-19-41-29)44-28-17-13-24(14-18-28)22-34-38-32(40)36-26-9-5-2-6-10-26/h1-18,21-22,29-30H,19-20H2,(H2,35,37,39)(H2,36,38,40). The van der Waals surface area contributed by atoms with Crippen LogP contribution in [-0.4, -0.2) is 50.3 Å². The van der Waals surface area contributed by atoms with Gasteiger partial charge in [-0.25, -0.2) is 20.4 Å². The number of para-hydroxylation sites is 2. The van der Waals surface area contributed by atoms with Crippen molar-refractivity contribution in [3.63, 3.8) is 0 Å². The first-order valence-electron chi connectivity index (χ1n) is 13.7. The van der Waals surface area contributed by atoms with Crippen molar-refractivity contribution in [2.45, 2.75) is 12.6 Å². The minimum atomic E-state index is -0.805. The predicted octanol–water partition coefficient (Wildman–Crippen LogP) is 5.15. The van der Waals surface area contributed by atoms with E-state index >= 15 is 0 Å². The fraction of sp³-hybridized carbons (Fsp3) is 0.125. The number of rotatable bonds is 10. The number of benzene rings is 4. The molecule has 12 heteroatoms. The molecule has 0 spiro atoms. The molecule has 1 heterocycles. The Balaban J connectivity index is 1.08. The van der Waals surface area contributed by atoms with Gasteiger partial charge in [-0.3, -0.25) is 0 Å². The Morgan fingerprint density at radius 3 is 1.36 bits per heavy atom. The van der Waals surface area contributed by atoms with Gasteiger partial charge in [0.15, 0.2) is 0 Å². The highest BCUT2D eigenvalue weighted by Crippen LogP contribution is 2.22. The van der Waals surface area contributed by atoms with E-state index in [9.17, 15) is 9.59 Å². The molecular weight excluding hydrogens is 564 g/mol. The van der Waals surface area contributed by atoms with Crippen LogP contribution in [0.2, 0.25) is 0 Å². The molecule has 1 saturated heterocycles. The van der Waals surface area contributed by atoms with Crippen molar-refractivity contribution in [1.29, 1.82) is 0 Å². The number of hydrazone groups is 2. The Kier molecular flexibility index (Phi) is 10.5. The van der Waals surface area contributed by atoms with Gasteiger partial charge >= 0.3 is 12.1 Å². The molecular formula is C32H30N6O6. The lowest BCUT2D eigenvalue weighted by atomic mass is 10.2. The number of hydrogen-bond acceptors (Lipinski definition) is 8. The van der Waals surface area contributed by atoms with Crippen molar-refractivity contribution in [1.82, 2.24) is 10.9 Å². The highest BCUT2D eigenvalue weighted by atomic mass is 16.8.